The van der Waals surface area contributed by atoms with Gasteiger partial charge in [0.2, 0.25) is 10.0 Å². The molecule has 1 amide bonds. The number of rotatable bonds is 5. The molecule has 2 aromatic carbocycles. The molecule has 122 valence electrons. The number of anilines is 1. The van der Waals surface area contributed by atoms with Crippen LogP contribution >= 0.6 is 15.9 Å². The van der Waals surface area contributed by atoms with Crippen LogP contribution in [0.2, 0.25) is 0 Å². The number of sulfonamides is 1. The van der Waals surface area contributed by atoms with Gasteiger partial charge in [0.1, 0.15) is 5.75 Å². The van der Waals surface area contributed by atoms with Crippen LogP contribution in [0.15, 0.2) is 51.8 Å². The molecule has 0 aromatic heterocycles. The molecule has 2 rings (SSSR count). The average Bonchev–Trinajstić information content (AvgIpc) is 2.48. The van der Waals surface area contributed by atoms with E-state index in [1.165, 1.54) is 18.2 Å². The third-order valence-corrected chi connectivity index (χ3v) is 4.54. The topological polar surface area (TPSA) is 98.5 Å². The van der Waals surface area contributed by atoms with E-state index in [4.69, 9.17) is 9.88 Å². The lowest BCUT2D eigenvalue weighted by Crippen LogP contribution is -2.16. The number of primary sulfonamides is 1. The van der Waals surface area contributed by atoms with Crippen molar-refractivity contribution in [2.45, 2.75) is 11.8 Å². The Balaban J connectivity index is 2.23. The average molecular weight is 399 g/mol. The van der Waals surface area contributed by atoms with Crippen LogP contribution in [0, 0.1) is 0 Å². The molecule has 2 aromatic rings. The molecule has 23 heavy (non-hydrogen) atoms. The molecule has 0 fully saturated rings. The maximum atomic E-state index is 12.3. The zero-order valence-electron chi connectivity index (χ0n) is 12.2. The van der Waals surface area contributed by atoms with Crippen molar-refractivity contribution in [1.82, 2.24) is 0 Å². The maximum absolute atomic E-state index is 12.3. The number of carbonyl (C=O) groups is 1. The summed E-state index contributed by atoms with van der Waals surface area (Å²) in [5.74, 6) is 0.245. The summed E-state index contributed by atoms with van der Waals surface area (Å²) in [4.78, 5) is 12.2. The summed E-state index contributed by atoms with van der Waals surface area (Å²) in [6, 6.07) is 10.9. The second kappa shape index (κ2) is 7.12. The molecule has 0 saturated heterocycles. The SMILES string of the molecule is CCOc1ccc(NC(=O)c2cc(S(N)(=O)=O)ccc2Br)cc1. The molecule has 3 N–H and O–H groups in total. The fourth-order valence-electron chi connectivity index (χ4n) is 1.85. The predicted molar refractivity (Wildman–Crippen MR) is 91.1 cm³/mol. The molecule has 8 heteroatoms. The predicted octanol–water partition coefficient (Wildman–Crippen LogP) is 2.75. The fraction of sp³-hybridized carbons (Fsp3) is 0.133. The maximum Gasteiger partial charge on any atom is 0.256 e. The Labute approximate surface area is 142 Å². The van der Waals surface area contributed by atoms with Crippen molar-refractivity contribution >= 4 is 37.5 Å². The van der Waals surface area contributed by atoms with Crippen LogP contribution < -0.4 is 15.2 Å². The van der Waals surface area contributed by atoms with E-state index in [2.05, 4.69) is 21.2 Å². The Morgan fingerprint density at radius 2 is 1.87 bits per heavy atom. The van der Waals surface area contributed by atoms with Gasteiger partial charge in [-0.3, -0.25) is 4.79 Å². The molecular weight excluding hydrogens is 384 g/mol. The van der Waals surface area contributed by atoms with E-state index in [-0.39, 0.29) is 10.5 Å². The Kier molecular flexibility index (Phi) is 5.40. The number of halogens is 1. The zero-order valence-corrected chi connectivity index (χ0v) is 14.6. The molecule has 0 aliphatic heterocycles. The number of hydrogen-bond acceptors (Lipinski definition) is 4. The summed E-state index contributed by atoms with van der Waals surface area (Å²) < 4.78 is 28.6. The van der Waals surface area contributed by atoms with Gasteiger partial charge in [0.05, 0.1) is 17.1 Å². The molecule has 0 aliphatic carbocycles. The van der Waals surface area contributed by atoms with E-state index in [1.807, 2.05) is 6.92 Å². The number of amides is 1. The van der Waals surface area contributed by atoms with Gasteiger partial charge < -0.3 is 10.1 Å². The molecule has 0 atom stereocenters. The number of ether oxygens (including phenoxy) is 1. The normalized spacial score (nSPS) is 11.1. The number of nitrogens with two attached hydrogens (primary N) is 1. The summed E-state index contributed by atoms with van der Waals surface area (Å²) in [5, 5.41) is 7.77. The second-order valence-corrected chi connectivity index (χ2v) is 7.01. The molecule has 0 unspecified atom stereocenters. The molecule has 0 bridgehead atoms. The highest BCUT2D eigenvalue weighted by molar-refractivity contribution is 9.10. The van der Waals surface area contributed by atoms with Gasteiger partial charge in [-0.2, -0.15) is 0 Å². The highest BCUT2D eigenvalue weighted by Gasteiger charge is 2.15. The lowest BCUT2D eigenvalue weighted by atomic mass is 10.2. The summed E-state index contributed by atoms with van der Waals surface area (Å²) >= 11 is 3.23. The van der Waals surface area contributed by atoms with Crippen molar-refractivity contribution in [3.8, 4) is 5.75 Å². The summed E-state index contributed by atoms with van der Waals surface area (Å²) in [6.07, 6.45) is 0. The van der Waals surface area contributed by atoms with E-state index in [9.17, 15) is 13.2 Å². The summed E-state index contributed by atoms with van der Waals surface area (Å²) in [7, 11) is -3.88. The zero-order chi connectivity index (χ0) is 17.0. The van der Waals surface area contributed by atoms with Crippen LogP contribution in [0.25, 0.3) is 0 Å². The highest BCUT2D eigenvalue weighted by atomic mass is 79.9. The minimum Gasteiger partial charge on any atom is -0.494 e. The van der Waals surface area contributed by atoms with Gasteiger partial charge >= 0.3 is 0 Å². The first-order valence-corrected chi connectivity index (χ1v) is 9.01. The molecule has 0 spiro atoms. The first kappa shape index (κ1) is 17.5. The minimum atomic E-state index is -3.88. The van der Waals surface area contributed by atoms with E-state index < -0.39 is 15.9 Å². The third kappa shape index (κ3) is 4.54. The van der Waals surface area contributed by atoms with Crippen LogP contribution in [-0.4, -0.2) is 20.9 Å². The number of benzene rings is 2. The Morgan fingerprint density at radius 1 is 1.22 bits per heavy atom. The molecule has 0 aliphatic rings. The Hall–Kier alpha value is -1.90. The van der Waals surface area contributed by atoms with Gasteiger partial charge in [-0.05, 0) is 65.3 Å². The van der Waals surface area contributed by atoms with Gasteiger partial charge in [-0.15, -0.1) is 0 Å². The third-order valence-electron chi connectivity index (χ3n) is 2.93. The van der Waals surface area contributed by atoms with Crippen molar-refractivity contribution in [2.75, 3.05) is 11.9 Å². The van der Waals surface area contributed by atoms with E-state index >= 15 is 0 Å². The van der Waals surface area contributed by atoms with Gasteiger partial charge in [0, 0.05) is 10.2 Å². The summed E-state index contributed by atoms with van der Waals surface area (Å²) in [6.45, 7) is 2.44. The van der Waals surface area contributed by atoms with Crippen LogP contribution in [0.5, 0.6) is 5.75 Å². The standard InChI is InChI=1S/C15H15BrN2O4S/c1-2-22-11-5-3-10(4-6-11)18-15(19)13-9-12(23(17,20)21)7-8-14(13)16/h3-9H,2H2,1H3,(H,18,19)(H2,17,20,21). The second-order valence-electron chi connectivity index (χ2n) is 4.60. The van der Waals surface area contributed by atoms with E-state index in [0.29, 0.717) is 22.5 Å². The van der Waals surface area contributed by atoms with Crippen LogP contribution in [0.1, 0.15) is 17.3 Å². The quantitative estimate of drug-likeness (QED) is 0.808. The van der Waals surface area contributed by atoms with Gasteiger partial charge in [-0.1, -0.05) is 0 Å². The van der Waals surface area contributed by atoms with Crippen molar-refractivity contribution in [1.29, 1.82) is 0 Å². The molecule has 0 radical (unpaired) electrons. The molecule has 0 heterocycles. The van der Waals surface area contributed by atoms with Crippen molar-refractivity contribution in [3.05, 3.63) is 52.5 Å². The lowest BCUT2D eigenvalue weighted by Gasteiger charge is -2.09. The summed E-state index contributed by atoms with van der Waals surface area (Å²) in [5.41, 5.74) is 0.733. The van der Waals surface area contributed by atoms with Gasteiger partial charge in [0.15, 0.2) is 0 Å². The number of carbonyl (C=O) groups excluding carboxylic acids is 1. The first-order valence-electron chi connectivity index (χ1n) is 6.68. The monoisotopic (exact) mass is 398 g/mol. The Bertz CT molecular complexity index is 820. The fourth-order valence-corrected chi connectivity index (χ4v) is 2.82. The molecule has 0 saturated carbocycles. The largest absolute Gasteiger partial charge is 0.494 e. The molecular formula is C15H15BrN2O4S. The highest BCUT2D eigenvalue weighted by Crippen LogP contribution is 2.22. The number of nitrogens with one attached hydrogen (secondary N) is 1. The lowest BCUT2D eigenvalue weighted by molar-refractivity contribution is 0.102. The van der Waals surface area contributed by atoms with Crippen LogP contribution in [-0.2, 0) is 10.0 Å². The van der Waals surface area contributed by atoms with Crippen LogP contribution in [0.3, 0.4) is 0 Å². The van der Waals surface area contributed by atoms with Crippen molar-refractivity contribution in [3.63, 3.8) is 0 Å². The van der Waals surface area contributed by atoms with Gasteiger partial charge in [0.25, 0.3) is 5.91 Å². The van der Waals surface area contributed by atoms with Crippen LogP contribution in [0.4, 0.5) is 5.69 Å². The Morgan fingerprint density at radius 3 is 2.43 bits per heavy atom. The molecule has 6 nitrogen and oxygen atoms in total. The smallest absolute Gasteiger partial charge is 0.256 e. The van der Waals surface area contributed by atoms with Crippen molar-refractivity contribution < 1.29 is 17.9 Å². The van der Waals surface area contributed by atoms with E-state index in [1.54, 1.807) is 24.3 Å². The van der Waals surface area contributed by atoms with E-state index in [0.717, 1.165) is 0 Å². The number of hydrogen-bond donors (Lipinski definition) is 2. The van der Waals surface area contributed by atoms with Gasteiger partial charge in [-0.25, -0.2) is 13.6 Å². The first-order chi connectivity index (χ1) is 10.8. The van der Waals surface area contributed by atoms with Crippen molar-refractivity contribution in [2.24, 2.45) is 5.14 Å². The minimum absolute atomic E-state index is 0.127.